The van der Waals surface area contributed by atoms with Crippen molar-refractivity contribution in [3.63, 3.8) is 0 Å². The number of nitrogens with zero attached hydrogens (tertiary/aromatic N) is 1. The minimum atomic E-state index is 0.205. The lowest BCUT2D eigenvalue weighted by Gasteiger charge is -2.13. The Hall–Kier alpha value is -1.29. The van der Waals surface area contributed by atoms with Crippen molar-refractivity contribution in [1.29, 1.82) is 0 Å². The molecular weight excluding hydrogens is 216 g/mol. The summed E-state index contributed by atoms with van der Waals surface area (Å²) in [7, 11) is 3.32. The van der Waals surface area contributed by atoms with Crippen molar-refractivity contribution in [1.82, 2.24) is 4.98 Å². The normalized spacial score (nSPS) is 25.5. The number of ether oxygens (including phenoxy) is 2. The zero-order chi connectivity index (χ0) is 12.6. The average molecular weight is 236 g/mol. The minimum absolute atomic E-state index is 0.205. The van der Waals surface area contributed by atoms with E-state index >= 15 is 0 Å². The van der Waals surface area contributed by atoms with Crippen LogP contribution in [0.3, 0.4) is 0 Å². The van der Waals surface area contributed by atoms with Gasteiger partial charge in [0.15, 0.2) is 0 Å². The Morgan fingerprint density at radius 2 is 1.76 bits per heavy atom. The lowest BCUT2D eigenvalue weighted by Crippen LogP contribution is -2.05. The van der Waals surface area contributed by atoms with Crippen LogP contribution in [-0.4, -0.2) is 25.7 Å². The van der Waals surface area contributed by atoms with Crippen molar-refractivity contribution >= 4 is 0 Å². The largest absolute Gasteiger partial charge is 0.495 e. The van der Waals surface area contributed by atoms with Gasteiger partial charge in [-0.15, -0.1) is 0 Å². The molecule has 1 heterocycles. The number of pyridine rings is 1. The molecule has 0 amide bonds. The fourth-order valence-corrected chi connectivity index (χ4v) is 2.82. The molecule has 0 spiro atoms. The lowest BCUT2D eigenvalue weighted by molar-refractivity contribution is 0.379. The summed E-state index contributed by atoms with van der Waals surface area (Å²) in [6, 6.07) is 0. The Bertz CT molecular complexity index is 396. The van der Waals surface area contributed by atoms with E-state index in [9.17, 15) is 0 Å². The highest BCUT2D eigenvalue weighted by atomic mass is 16.5. The molecule has 17 heavy (non-hydrogen) atoms. The van der Waals surface area contributed by atoms with E-state index in [1.807, 2.05) is 0 Å². The fourth-order valence-electron chi connectivity index (χ4n) is 2.82. The molecule has 1 saturated carbocycles. The van der Waals surface area contributed by atoms with E-state index in [0.717, 1.165) is 17.1 Å². The highest BCUT2D eigenvalue weighted by Gasteiger charge is 2.59. The van der Waals surface area contributed by atoms with Crippen molar-refractivity contribution in [3.8, 4) is 11.5 Å². The molecule has 0 bridgehead atoms. The van der Waals surface area contributed by atoms with Gasteiger partial charge in [-0.1, -0.05) is 13.8 Å². The summed E-state index contributed by atoms with van der Waals surface area (Å²) in [5.41, 5.74) is 7.13. The minimum Gasteiger partial charge on any atom is -0.495 e. The Balaban J connectivity index is 2.45. The molecule has 1 aromatic heterocycles. The third-order valence-corrected chi connectivity index (χ3v) is 3.97. The molecule has 4 heteroatoms. The zero-order valence-corrected chi connectivity index (χ0v) is 10.9. The molecule has 2 atom stereocenters. The maximum atomic E-state index is 5.82. The summed E-state index contributed by atoms with van der Waals surface area (Å²) < 4.78 is 10.8. The predicted molar refractivity (Wildman–Crippen MR) is 66.4 cm³/mol. The summed E-state index contributed by atoms with van der Waals surface area (Å²) in [4.78, 5) is 4.11. The van der Waals surface area contributed by atoms with Gasteiger partial charge in [-0.05, 0) is 17.9 Å². The van der Waals surface area contributed by atoms with Gasteiger partial charge < -0.3 is 15.2 Å². The SMILES string of the molecule is COc1cncc(OC)c1[C@H]1[C@H](CN)C1(C)C. The first-order chi connectivity index (χ1) is 8.07. The predicted octanol–water partition coefficient (Wildman–Crippen LogP) is 1.80. The first-order valence-corrected chi connectivity index (χ1v) is 5.83. The van der Waals surface area contributed by atoms with E-state index < -0.39 is 0 Å². The molecule has 0 aliphatic heterocycles. The van der Waals surface area contributed by atoms with E-state index in [4.69, 9.17) is 15.2 Å². The second kappa shape index (κ2) is 4.18. The van der Waals surface area contributed by atoms with Crippen LogP contribution in [0.4, 0.5) is 0 Å². The summed E-state index contributed by atoms with van der Waals surface area (Å²) in [6.07, 6.45) is 3.47. The number of aromatic nitrogens is 1. The van der Waals surface area contributed by atoms with Gasteiger partial charge in [0.05, 0.1) is 26.6 Å². The maximum Gasteiger partial charge on any atom is 0.144 e. The summed E-state index contributed by atoms with van der Waals surface area (Å²) >= 11 is 0. The van der Waals surface area contributed by atoms with Gasteiger partial charge in [0, 0.05) is 11.5 Å². The summed E-state index contributed by atoms with van der Waals surface area (Å²) in [6.45, 7) is 5.15. The number of hydrogen-bond donors (Lipinski definition) is 1. The van der Waals surface area contributed by atoms with Crippen molar-refractivity contribution in [2.75, 3.05) is 20.8 Å². The van der Waals surface area contributed by atoms with Crippen LogP contribution in [-0.2, 0) is 0 Å². The van der Waals surface area contributed by atoms with Crippen molar-refractivity contribution in [2.24, 2.45) is 17.1 Å². The molecule has 1 aliphatic rings. The monoisotopic (exact) mass is 236 g/mol. The van der Waals surface area contributed by atoms with E-state index in [2.05, 4.69) is 18.8 Å². The number of hydrogen-bond acceptors (Lipinski definition) is 4. The van der Waals surface area contributed by atoms with Gasteiger partial charge in [0.25, 0.3) is 0 Å². The molecule has 94 valence electrons. The van der Waals surface area contributed by atoms with Gasteiger partial charge in [-0.3, -0.25) is 4.98 Å². The molecule has 0 unspecified atom stereocenters. The number of methoxy groups -OCH3 is 2. The van der Waals surface area contributed by atoms with Crippen LogP contribution in [0.25, 0.3) is 0 Å². The van der Waals surface area contributed by atoms with E-state index in [1.165, 1.54) is 0 Å². The molecule has 0 aromatic carbocycles. The quantitative estimate of drug-likeness (QED) is 0.866. The van der Waals surface area contributed by atoms with Gasteiger partial charge in [-0.25, -0.2) is 0 Å². The second-order valence-corrected chi connectivity index (χ2v) is 5.10. The molecule has 1 aliphatic carbocycles. The second-order valence-electron chi connectivity index (χ2n) is 5.10. The average Bonchev–Trinajstić information content (AvgIpc) is 2.89. The van der Waals surface area contributed by atoms with Gasteiger partial charge in [-0.2, -0.15) is 0 Å². The maximum absolute atomic E-state index is 5.82. The Kier molecular flexibility index (Phi) is 3.00. The fraction of sp³-hybridized carbons (Fsp3) is 0.615. The molecule has 2 N–H and O–H groups in total. The van der Waals surface area contributed by atoms with E-state index in [-0.39, 0.29) is 5.41 Å². The van der Waals surface area contributed by atoms with Crippen LogP contribution in [0.15, 0.2) is 12.4 Å². The highest BCUT2D eigenvalue weighted by molar-refractivity contribution is 5.49. The molecule has 2 rings (SSSR count). The molecule has 0 saturated heterocycles. The third kappa shape index (κ3) is 1.76. The van der Waals surface area contributed by atoms with E-state index in [1.54, 1.807) is 26.6 Å². The molecule has 1 fully saturated rings. The Morgan fingerprint density at radius 1 is 1.24 bits per heavy atom. The number of rotatable bonds is 4. The van der Waals surface area contributed by atoms with Gasteiger partial charge in [0.2, 0.25) is 0 Å². The van der Waals surface area contributed by atoms with Gasteiger partial charge >= 0.3 is 0 Å². The van der Waals surface area contributed by atoms with Crippen LogP contribution in [0.2, 0.25) is 0 Å². The topological polar surface area (TPSA) is 57.4 Å². The lowest BCUT2D eigenvalue weighted by atomic mass is 10.0. The van der Waals surface area contributed by atoms with Gasteiger partial charge in [0.1, 0.15) is 11.5 Å². The van der Waals surface area contributed by atoms with E-state index in [0.29, 0.717) is 18.4 Å². The van der Waals surface area contributed by atoms with Crippen molar-refractivity contribution in [2.45, 2.75) is 19.8 Å². The molecular formula is C13H20N2O2. The first kappa shape index (κ1) is 12.2. The summed E-state index contributed by atoms with van der Waals surface area (Å²) in [5.74, 6) is 2.45. The van der Waals surface area contributed by atoms with Crippen molar-refractivity contribution in [3.05, 3.63) is 18.0 Å². The van der Waals surface area contributed by atoms with Crippen LogP contribution < -0.4 is 15.2 Å². The molecule has 0 radical (unpaired) electrons. The zero-order valence-electron chi connectivity index (χ0n) is 10.9. The van der Waals surface area contributed by atoms with Crippen LogP contribution in [0.1, 0.15) is 25.3 Å². The highest BCUT2D eigenvalue weighted by Crippen LogP contribution is 2.66. The Morgan fingerprint density at radius 3 is 2.12 bits per heavy atom. The smallest absolute Gasteiger partial charge is 0.144 e. The Labute approximate surface area is 102 Å². The van der Waals surface area contributed by atoms with Crippen LogP contribution in [0, 0.1) is 11.3 Å². The van der Waals surface area contributed by atoms with Crippen LogP contribution >= 0.6 is 0 Å². The molecule has 4 nitrogen and oxygen atoms in total. The molecule has 1 aromatic rings. The standard InChI is InChI=1S/C13H20N2O2/c1-13(2)8(5-14)12(13)11-9(16-3)6-15-7-10(11)17-4/h6-8,12H,5,14H2,1-4H3/t8-,12+/m0/s1. The van der Waals surface area contributed by atoms with Crippen molar-refractivity contribution < 1.29 is 9.47 Å². The first-order valence-electron chi connectivity index (χ1n) is 5.83. The van der Waals surface area contributed by atoms with Crippen LogP contribution in [0.5, 0.6) is 11.5 Å². The number of nitrogens with two attached hydrogens (primary N) is 1. The summed E-state index contributed by atoms with van der Waals surface area (Å²) in [5, 5.41) is 0. The third-order valence-electron chi connectivity index (χ3n) is 3.97.